The average Bonchev–Trinajstić information content (AvgIpc) is 2.26. The van der Waals surface area contributed by atoms with Crippen LogP contribution < -0.4 is 0 Å². The van der Waals surface area contributed by atoms with Gasteiger partial charge in [0.25, 0.3) is 0 Å². The first kappa shape index (κ1) is 17.2. The van der Waals surface area contributed by atoms with Crippen molar-refractivity contribution in [3.05, 3.63) is 25.3 Å². The molecule has 0 aromatic rings. The van der Waals surface area contributed by atoms with Gasteiger partial charge in [0, 0.05) is 24.7 Å². The Hall–Kier alpha value is -0.250. The summed E-state index contributed by atoms with van der Waals surface area (Å²) in [6.07, 6.45) is 7.62. The van der Waals surface area contributed by atoms with Crippen molar-refractivity contribution in [3.8, 4) is 0 Å². The molecule has 15 heavy (non-hydrogen) atoms. The maximum absolute atomic E-state index is 8.30. The second kappa shape index (κ2) is 19.3. The number of hydrogen-bond donors (Lipinski definition) is 2. The quantitative estimate of drug-likeness (QED) is 0.474. The van der Waals surface area contributed by atoms with Crippen LogP contribution in [0.3, 0.4) is 0 Å². The Kier molecular flexibility index (Phi) is 22.1. The third kappa shape index (κ3) is 24.8. The summed E-state index contributed by atoms with van der Waals surface area (Å²) in [6.45, 7) is 7.72. The van der Waals surface area contributed by atoms with E-state index in [1.807, 2.05) is 23.9 Å². The van der Waals surface area contributed by atoms with E-state index in [1.54, 1.807) is 0 Å². The molecule has 0 aliphatic heterocycles. The van der Waals surface area contributed by atoms with Gasteiger partial charge < -0.3 is 10.2 Å². The SMILES string of the molecule is C=CCSCC=C.OCCCCCCO. The Morgan fingerprint density at radius 3 is 1.47 bits per heavy atom. The molecule has 0 atom stereocenters. The van der Waals surface area contributed by atoms with Crippen molar-refractivity contribution in [2.24, 2.45) is 0 Å². The van der Waals surface area contributed by atoms with Crippen LogP contribution in [0.1, 0.15) is 25.7 Å². The van der Waals surface area contributed by atoms with Gasteiger partial charge in [0.15, 0.2) is 0 Å². The van der Waals surface area contributed by atoms with E-state index in [9.17, 15) is 0 Å². The number of thioether (sulfide) groups is 1. The molecule has 0 aromatic heterocycles. The lowest BCUT2D eigenvalue weighted by molar-refractivity contribution is 0.265. The van der Waals surface area contributed by atoms with E-state index in [0.717, 1.165) is 37.2 Å². The average molecular weight is 232 g/mol. The molecule has 0 aliphatic rings. The van der Waals surface area contributed by atoms with Gasteiger partial charge in [0.1, 0.15) is 0 Å². The van der Waals surface area contributed by atoms with Gasteiger partial charge >= 0.3 is 0 Å². The second-order valence-corrected chi connectivity index (χ2v) is 4.05. The molecule has 0 amide bonds. The van der Waals surface area contributed by atoms with E-state index in [1.165, 1.54) is 0 Å². The Morgan fingerprint density at radius 2 is 1.20 bits per heavy atom. The lowest BCUT2D eigenvalue weighted by atomic mass is 10.2. The van der Waals surface area contributed by atoms with Crippen molar-refractivity contribution in [1.82, 2.24) is 0 Å². The molecule has 0 radical (unpaired) electrons. The molecule has 3 heteroatoms. The van der Waals surface area contributed by atoms with Crippen LogP contribution in [0.4, 0.5) is 0 Å². The van der Waals surface area contributed by atoms with Crippen LogP contribution >= 0.6 is 11.8 Å². The zero-order chi connectivity index (χ0) is 11.8. The largest absolute Gasteiger partial charge is 0.396 e. The molecule has 0 rings (SSSR count). The maximum atomic E-state index is 8.30. The molecule has 0 aliphatic carbocycles. The first-order valence-electron chi connectivity index (χ1n) is 5.34. The number of aliphatic hydroxyl groups is 2. The van der Waals surface area contributed by atoms with Crippen molar-refractivity contribution in [2.45, 2.75) is 25.7 Å². The fraction of sp³-hybridized carbons (Fsp3) is 0.667. The highest BCUT2D eigenvalue weighted by molar-refractivity contribution is 7.99. The minimum atomic E-state index is 0.283. The molecule has 0 heterocycles. The topological polar surface area (TPSA) is 40.5 Å². The molecule has 0 spiro atoms. The third-order valence-corrected chi connectivity index (χ3v) is 2.48. The fourth-order valence-electron chi connectivity index (χ4n) is 0.812. The summed E-state index contributed by atoms with van der Waals surface area (Å²) in [5.74, 6) is 2.07. The van der Waals surface area contributed by atoms with Crippen LogP contribution in [0.15, 0.2) is 25.3 Å². The van der Waals surface area contributed by atoms with E-state index >= 15 is 0 Å². The van der Waals surface area contributed by atoms with Crippen molar-refractivity contribution in [3.63, 3.8) is 0 Å². The van der Waals surface area contributed by atoms with E-state index < -0.39 is 0 Å². The van der Waals surface area contributed by atoms with Crippen molar-refractivity contribution < 1.29 is 10.2 Å². The zero-order valence-electron chi connectivity index (χ0n) is 9.53. The molecule has 0 bridgehead atoms. The minimum Gasteiger partial charge on any atom is -0.396 e. The summed E-state index contributed by atoms with van der Waals surface area (Å²) in [4.78, 5) is 0. The molecule has 2 nitrogen and oxygen atoms in total. The van der Waals surface area contributed by atoms with Crippen molar-refractivity contribution in [1.29, 1.82) is 0 Å². The highest BCUT2D eigenvalue weighted by atomic mass is 32.2. The van der Waals surface area contributed by atoms with Gasteiger partial charge in [-0.15, -0.1) is 13.2 Å². The molecular formula is C12H24O2S. The Morgan fingerprint density at radius 1 is 0.800 bits per heavy atom. The molecular weight excluding hydrogens is 208 g/mol. The first-order valence-corrected chi connectivity index (χ1v) is 6.50. The monoisotopic (exact) mass is 232 g/mol. The van der Waals surface area contributed by atoms with Crippen LogP contribution in [-0.4, -0.2) is 34.9 Å². The van der Waals surface area contributed by atoms with Gasteiger partial charge in [-0.2, -0.15) is 11.8 Å². The van der Waals surface area contributed by atoms with E-state index in [2.05, 4.69) is 13.2 Å². The number of rotatable bonds is 9. The molecule has 0 saturated heterocycles. The van der Waals surface area contributed by atoms with Gasteiger partial charge in [-0.3, -0.25) is 0 Å². The van der Waals surface area contributed by atoms with Crippen LogP contribution in [0.25, 0.3) is 0 Å². The van der Waals surface area contributed by atoms with Gasteiger partial charge in [-0.05, 0) is 12.8 Å². The second-order valence-electron chi connectivity index (χ2n) is 2.98. The maximum Gasteiger partial charge on any atom is 0.0431 e. The molecule has 90 valence electrons. The smallest absolute Gasteiger partial charge is 0.0431 e. The van der Waals surface area contributed by atoms with Crippen LogP contribution in [0.5, 0.6) is 0 Å². The summed E-state index contributed by atoms with van der Waals surface area (Å²) >= 11 is 1.82. The van der Waals surface area contributed by atoms with Crippen LogP contribution in [0.2, 0.25) is 0 Å². The minimum absolute atomic E-state index is 0.283. The van der Waals surface area contributed by atoms with Crippen LogP contribution in [0, 0.1) is 0 Å². The highest BCUT2D eigenvalue weighted by Crippen LogP contribution is 1.97. The van der Waals surface area contributed by atoms with Gasteiger partial charge in [-0.25, -0.2) is 0 Å². The molecule has 0 saturated carbocycles. The van der Waals surface area contributed by atoms with E-state index in [-0.39, 0.29) is 13.2 Å². The molecule has 2 N–H and O–H groups in total. The van der Waals surface area contributed by atoms with Gasteiger partial charge in [0.05, 0.1) is 0 Å². The Labute approximate surface area is 98.1 Å². The summed E-state index contributed by atoms with van der Waals surface area (Å²) in [7, 11) is 0. The van der Waals surface area contributed by atoms with Crippen molar-refractivity contribution >= 4 is 11.8 Å². The number of hydrogen-bond acceptors (Lipinski definition) is 3. The summed E-state index contributed by atoms with van der Waals surface area (Å²) < 4.78 is 0. The molecule has 0 fully saturated rings. The third-order valence-electron chi connectivity index (χ3n) is 1.54. The Balaban J connectivity index is 0. The molecule has 0 aromatic carbocycles. The van der Waals surface area contributed by atoms with Gasteiger partial charge in [-0.1, -0.05) is 25.0 Å². The predicted octanol–water partition coefficient (Wildman–Crippen LogP) is 2.62. The summed E-state index contributed by atoms with van der Waals surface area (Å²) in [5, 5.41) is 16.6. The predicted molar refractivity (Wildman–Crippen MR) is 70.4 cm³/mol. The Bertz CT molecular complexity index is 113. The lowest BCUT2D eigenvalue weighted by Gasteiger charge is -1.93. The lowest BCUT2D eigenvalue weighted by Crippen LogP contribution is -1.85. The zero-order valence-corrected chi connectivity index (χ0v) is 10.3. The van der Waals surface area contributed by atoms with Gasteiger partial charge in [0.2, 0.25) is 0 Å². The first-order chi connectivity index (χ1) is 7.33. The standard InChI is InChI=1S/C6H14O2.C6H10S/c7-5-3-1-2-4-6-8;1-3-5-7-6-4-2/h7-8H,1-6H2;3-4H,1-2,5-6H2. The van der Waals surface area contributed by atoms with E-state index in [4.69, 9.17) is 10.2 Å². The van der Waals surface area contributed by atoms with Crippen LogP contribution in [-0.2, 0) is 0 Å². The summed E-state index contributed by atoms with van der Waals surface area (Å²) in [6, 6.07) is 0. The number of unbranched alkanes of at least 4 members (excludes halogenated alkanes) is 3. The number of aliphatic hydroxyl groups excluding tert-OH is 2. The highest BCUT2D eigenvalue weighted by Gasteiger charge is 1.84. The van der Waals surface area contributed by atoms with Crippen molar-refractivity contribution in [2.75, 3.05) is 24.7 Å². The fourth-order valence-corrected chi connectivity index (χ4v) is 1.28. The van der Waals surface area contributed by atoms with E-state index in [0.29, 0.717) is 0 Å². The normalized spacial score (nSPS) is 8.93. The molecule has 0 unspecified atom stereocenters. The summed E-state index contributed by atoms with van der Waals surface area (Å²) in [5.41, 5.74) is 0.